The summed E-state index contributed by atoms with van der Waals surface area (Å²) >= 11 is 0. The molecule has 1 amide bonds. The van der Waals surface area contributed by atoms with Crippen molar-refractivity contribution in [1.29, 1.82) is 0 Å². The summed E-state index contributed by atoms with van der Waals surface area (Å²) in [6.07, 6.45) is 1.32. The molecule has 0 saturated heterocycles. The lowest BCUT2D eigenvalue weighted by Gasteiger charge is -2.14. The number of carbonyl (C=O) groups excluding carboxylic acids is 1. The second-order valence-corrected chi connectivity index (χ2v) is 4.34. The summed E-state index contributed by atoms with van der Waals surface area (Å²) in [7, 11) is 0. The molecule has 0 aromatic heterocycles. The Balaban J connectivity index is 2.77. The number of para-hydroxylation sites is 1. The standard InChI is InChI=1S/C14H21FN2O2/c1-3-11(16)8-10-6-5-7-12(15)14(10)19-9-13(18)17-4-2/h5-7,11H,3-4,8-9,16H2,1-2H3,(H,17,18). The average molecular weight is 268 g/mol. The quantitative estimate of drug-likeness (QED) is 0.790. The largest absolute Gasteiger partial charge is 0.480 e. The highest BCUT2D eigenvalue weighted by atomic mass is 19.1. The summed E-state index contributed by atoms with van der Waals surface area (Å²) in [5.74, 6) is -0.612. The highest BCUT2D eigenvalue weighted by Crippen LogP contribution is 2.24. The zero-order valence-corrected chi connectivity index (χ0v) is 11.4. The summed E-state index contributed by atoms with van der Waals surface area (Å²) in [5, 5.41) is 2.60. The van der Waals surface area contributed by atoms with Gasteiger partial charge in [0.25, 0.3) is 5.91 Å². The van der Waals surface area contributed by atoms with Gasteiger partial charge in [0, 0.05) is 12.6 Å². The molecule has 0 fully saturated rings. The molecule has 3 N–H and O–H groups in total. The third kappa shape index (κ3) is 4.87. The van der Waals surface area contributed by atoms with Gasteiger partial charge >= 0.3 is 0 Å². The minimum Gasteiger partial charge on any atom is -0.480 e. The van der Waals surface area contributed by atoms with Crippen LogP contribution in [0.2, 0.25) is 0 Å². The number of amides is 1. The van der Waals surface area contributed by atoms with Crippen molar-refractivity contribution >= 4 is 5.91 Å². The Morgan fingerprint density at radius 1 is 1.47 bits per heavy atom. The minimum absolute atomic E-state index is 0.0476. The van der Waals surface area contributed by atoms with Crippen molar-refractivity contribution in [3.63, 3.8) is 0 Å². The van der Waals surface area contributed by atoms with Crippen molar-refractivity contribution in [2.45, 2.75) is 32.7 Å². The Morgan fingerprint density at radius 2 is 2.21 bits per heavy atom. The third-order valence-corrected chi connectivity index (χ3v) is 2.78. The topological polar surface area (TPSA) is 64.3 Å². The summed E-state index contributed by atoms with van der Waals surface area (Å²) in [5.41, 5.74) is 6.56. The van der Waals surface area contributed by atoms with Gasteiger partial charge in [0.15, 0.2) is 18.2 Å². The molecule has 0 aliphatic carbocycles. The number of rotatable bonds is 7. The van der Waals surface area contributed by atoms with E-state index in [-0.39, 0.29) is 24.3 Å². The zero-order valence-electron chi connectivity index (χ0n) is 11.4. The Bertz CT molecular complexity index is 424. The zero-order chi connectivity index (χ0) is 14.3. The fraction of sp³-hybridized carbons (Fsp3) is 0.500. The number of halogens is 1. The van der Waals surface area contributed by atoms with Crippen LogP contribution < -0.4 is 15.8 Å². The first kappa shape index (κ1) is 15.4. The van der Waals surface area contributed by atoms with Gasteiger partial charge in [-0.2, -0.15) is 0 Å². The molecule has 19 heavy (non-hydrogen) atoms. The molecule has 0 aliphatic heterocycles. The molecule has 4 nitrogen and oxygen atoms in total. The molecule has 0 bridgehead atoms. The Kier molecular flexibility index (Phi) is 6.29. The molecule has 0 saturated carbocycles. The average Bonchev–Trinajstić information content (AvgIpc) is 2.38. The lowest BCUT2D eigenvalue weighted by atomic mass is 10.0. The molecule has 1 aromatic rings. The van der Waals surface area contributed by atoms with Crippen LogP contribution in [0.1, 0.15) is 25.8 Å². The van der Waals surface area contributed by atoms with Crippen LogP contribution in [0.15, 0.2) is 18.2 Å². The van der Waals surface area contributed by atoms with Crippen LogP contribution in [0.5, 0.6) is 5.75 Å². The molecule has 1 atom stereocenters. The molecule has 0 spiro atoms. The molecular formula is C14H21FN2O2. The first-order chi connectivity index (χ1) is 9.08. The van der Waals surface area contributed by atoms with E-state index in [1.165, 1.54) is 6.07 Å². The SMILES string of the molecule is CCNC(=O)COc1c(F)cccc1CC(N)CC. The first-order valence-electron chi connectivity index (χ1n) is 6.50. The van der Waals surface area contributed by atoms with Crippen molar-refractivity contribution in [3.8, 4) is 5.75 Å². The third-order valence-electron chi connectivity index (χ3n) is 2.78. The molecular weight excluding hydrogens is 247 g/mol. The monoisotopic (exact) mass is 268 g/mol. The minimum atomic E-state index is -0.467. The van der Waals surface area contributed by atoms with Crippen LogP contribution in [0.4, 0.5) is 4.39 Å². The van der Waals surface area contributed by atoms with Gasteiger partial charge in [-0.15, -0.1) is 0 Å². The fourth-order valence-corrected chi connectivity index (χ4v) is 1.69. The number of carbonyl (C=O) groups is 1. The molecule has 5 heteroatoms. The van der Waals surface area contributed by atoms with E-state index in [4.69, 9.17) is 10.5 Å². The molecule has 1 aromatic carbocycles. The van der Waals surface area contributed by atoms with Gasteiger partial charge in [-0.05, 0) is 31.4 Å². The van der Waals surface area contributed by atoms with E-state index >= 15 is 0 Å². The molecule has 0 aliphatic rings. The van der Waals surface area contributed by atoms with E-state index < -0.39 is 5.82 Å². The van der Waals surface area contributed by atoms with Crippen LogP contribution in [0, 0.1) is 5.82 Å². The second-order valence-electron chi connectivity index (χ2n) is 4.34. The lowest BCUT2D eigenvalue weighted by Crippen LogP contribution is -2.29. The Hall–Kier alpha value is -1.62. The van der Waals surface area contributed by atoms with Gasteiger partial charge in [-0.3, -0.25) is 4.79 Å². The highest BCUT2D eigenvalue weighted by molar-refractivity contribution is 5.77. The Morgan fingerprint density at radius 3 is 2.84 bits per heavy atom. The predicted molar refractivity (Wildman–Crippen MR) is 72.5 cm³/mol. The number of ether oxygens (including phenoxy) is 1. The van der Waals surface area contributed by atoms with Crippen LogP contribution in [0.25, 0.3) is 0 Å². The van der Waals surface area contributed by atoms with Gasteiger partial charge in [0.2, 0.25) is 0 Å². The van der Waals surface area contributed by atoms with Crippen molar-refractivity contribution in [2.75, 3.05) is 13.2 Å². The number of benzene rings is 1. The van der Waals surface area contributed by atoms with Crippen LogP contribution >= 0.6 is 0 Å². The van der Waals surface area contributed by atoms with E-state index in [2.05, 4.69) is 5.32 Å². The summed E-state index contributed by atoms with van der Waals surface area (Å²) in [4.78, 5) is 11.3. The molecule has 0 radical (unpaired) electrons. The first-order valence-corrected chi connectivity index (χ1v) is 6.50. The fourth-order valence-electron chi connectivity index (χ4n) is 1.69. The summed E-state index contributed by atoms with van der Waals surface area (Å²) in [6, 6.07) is 4.65. The maximum absolute atomic E-state index is 13.7. The number of likely N-dealkylation sites (N-methyl/N-ethyl adjacent to an activating group) is 1. The number of hydrogen-bond donors (Lipinski definition) is 2. The molecule has 0 heterocycles. The van der Waals surface area contributed by atoms with E-state index in [9.17, 15) is 9.18 Å². The maximum atomic E-state index is 13.7. The Labute approximate surface area is 113 Å². The predicted octanol–water partition coefficient (Wildman–Crippen LogP) is 1.62. The number of hydrogen-bond acceptors (Lipinski definition) is 3. The molecule has 1 unspecified atom stereocenters. The van der Waals surface area contributed by atoms with Crippen molar-refractivity contribution in [3.05, 3.63) is 29.6 Å². The second kappa shape index (κ2) is 7.74. The summed E-state index contributed by atoms with van der Waals surface area (Å²) in [6.45, 7) is 4.11. The smallest absolute Gasteiger partial charge is 0.257 e. The number of nitrogens with one attached hydrogen (secondary N) is 1. The van der Waals surface area contributed by atoms with Gasteiger partial charge < -0.3 is 15.8 Å². The van der Waals surface area contributed by atoms with Crippen LogP contribution in [-0.4, -0.2) is 25.1 Å². The maximum Gasteiger partial charge on any atom is 0.257 e. The van der Waals surface area contributed by atoms with E-state index in [0.29, 0.717) is 18.5 Å². The van der Waals surface area contributed by atoms with Crippen LogP contribution in [-0.2, 0) is 11.2 Å². The van der Waals surface area contributed by atoms with Gasteiger partial charge in [-0.1, -0.05) is 19.1 Å². The lowest BCUT2D eigenvalue weighted by molar-refractivity contribution is -0.123. The normalized spacial score (nSPS) is 12.0. The van der Waals surface area contributed by atoms with Crippen molar-refractivity contribution in [2.24, 2.45) is 5.73 Å². The van der Waals surface area contributed by atoms with E-state index in [1.54, 1.807) is 12.1 Å². The molecule has 106 valence electrons. The van der Waals surface area contributed by atoms with Crippen molar-refractivity contribution < 1.29 is 13.9 Å². The van der Waals surface area contributed by atoms with E-state index in [1.807, 2.05) is 13.8 Å². The van der Waals surface area contributed by atoms with Gasteiger partial charge in [0.1, 0.15) is 0 Å². The molecule has 1 rings (SSSR count). The van der Waals surface area contributed by atoms with E-state index in [0.717, 1.165) is 6.42 Å². The van der Waals surface area contributed by atoms with Crippen LogP contribution in [0.3, 0.4) is 0 Å². The van der Waals surface area contributed by atoms with Crippen molar-refractivity contribution in [1.82, 2.24) is 5.32 Å². The van der Waals surface area contributed by atoms with Gasteiger partial charge in [0.05, 0.1) is 0 Å². The summed E-state index contributed by atoms with van der Waals surface area (Å²) < 4.78 is 19.0. The van der Waals surface area contributed by atoms with Gasteiger partial charge in [-0.25, -0.2) is 4.39 Å². The highest BCUT2D eigenvalue weighted by Gasteiger charge is 2.13. The number of nitrogens with two attached hydrogens (primary N) is 1.